The molecule has 0 aromatic carbocycles. The second-order valence-electron chi connectivity index (χ2n) is 6.77. The van der Waals surface area contributed by atoms with Crippen molar-refractivity contribution in [1.29, 1.82) is 0 Å². The van der Waals surface area contributed by atoms with E-state index in [1.165, 1.54) is 29.8 Å². The van der Waals surface area contributed by atoms with E-state index < -0.39 is 0 Å². The van der Waals surface area contributed by atoms with Crippen molar-refractivity contribution in [3.05, 3.63) is 15.6 Å². The summed E-state index contributed by atoms with van der Waals surface area (Å²) in [7, 11) is 5.49. The highest BCUT2D eigenvalue weighted by molar-refractivity contribution is 7.11. The quantitative estimate of drug-likeness (QED) is 0.650. The van der Waals surface area contributed by atoms with Crippen molar-refractivity contribution in [2.75, 3.05) is 27.7 Å². The van der Waals surface area contributed by atoms with Gasteiger partial charge in [0, 0.05) is 32.1 Å². The highest BCUT2D eigenvalue weighted by atomic mass is 32.1. The van der Waals surface area contributed by atoms with E-state index in [1.807, 2.05) is 23.3 Å². The Morgan fingerprint density at radius 1 is 1.29 bits per heavy atom. The molecule has 7 heteroatoms. The van der Waals surface area contributed by atoms with Crippen molar-refractivity contribution in [1.82, 2.24) is 20.1 Å². The molecule has 0 radical (unpaired) electrons. The number of nitrogens with zero attached hydrogens (tertiary/aromatic N) is 4. The Labute approximate surface area is 149 Å². The van der Waals surface area contributed by atoms with E-state index in [2.05, 4.69) is 24.2 Å². The van der Waals surface area contributed by atoms with Crippen LogP contribution in [0.5, 0.6) is 0 Å². The molecule has 0 aliphatic heterocycles. The van der Waals surface area contributed by atoms with Crippen LogP contribution in [0.25, 0.3) is 0 Å². The van der Waals surface area contributed by atoms with Crippen LogP contribution in [0.2, 0.25) is 0 Å². The number of fused-ring (bicyclic) bond motifs is 1. The monoisotopic (exact) mass is 351 g/mol. The lowest BCUT2D eigenvalue weighted by molar-refractivity contribution is -0.127. The molecule has 1 aromatic rings. The summed E-state index contributed by atoms with van der Waals surface area (Å²) in [6.07, 6.45) is 4.80. The molecule has 0 fully saturated rings. The largest absolute Gasteiger partial charge is 0.354 e. The Morgan fingerprint density at radius 2 is 2.00 bits per heavy atom. The average molecular weight is 352 g/mol. The molecule has 1 heterocycles. The highest BCUT2D eigenvalue weighted by Gasteiger charge is 2.17. The Bertz CT molecular complexity index is 570. The topological polar surface area (TPSA) is 60.8 Å². The molecule has 0 saturated carbocycles. The van der Waals surface area contributed by atoms with Crippen LogP contribution < -0.4 is 5.32 Å². The van der Waals surface area contributed by atoms with E-state index in [0.29, 0.717) is 6.54 Å². The number of carbonyl (C=O) groups excluding carboxylic acids is 1. The van der Waals surface area contributed by atoms with Crippen LogP contribution in [0, 0.1) is 0 Å². The van der Waals surface area contributed by atoms with Crippen LogP contribution >= 0.6 is 11.3 Å². The van der Waals surface area contributed by atoms with Crippen LogP contribution in [-0.4, -0.2) is 60.4 Å². The van der Waals surface area contributed by atoms with E-state index in [9.17, 15) is 4.79 Å². The summed E-state index contributed by atoms with van der Waals surface area (Å²) in [4.78, 5) is 26.1. The fourth-order valence-corrected chi connectivity index (χ4v) is 3.78. The van der Waals surface area contributed by atoms with Gasteiger partial charge in [0.25, 0.3) is 0 Å². The molecule has 0 spiro atoms. The van der Waals surface area contributed by atoms with Gasteiger partial charge in [0.15, 0.2) is 5.96 Å². The zero-order valence-electron chi connectivity index (χ0n) is 15.4. The molecule has 0 saturated heterocycles. The molecule has 0 unspecified atom stereocenters. The number of likely N-dealkylation sites (N-methyl/N-ethyl adjacent to an activating group) is 1. The number of nitrogens with one attached hydrogen (secondary N) is 1. The van der Waals surface area contributed by atoms with Crippen molar-refractivity contribution >= 4 is 23.2 Å². The molecule has 24 heavy (non-hydrogen) atoms. The van der Waals surface area contributed by atoms with Crippen molar-refractivity contribution in [3.63, 3.8) is 0 Å². The minimum atomic E-state index is -0.00355. The van der Waals surface area contributed by atoms with Gasteiger partial charge in [0.05, 0.1) is 12.2 Å². The first kappa shape index (κ1) is 18.7. The molecule has 1 aliphatic rings. The molecule has 0 atom stereocenters. The maximum atomic E-state index is 11.8. The number of hydrogen-bond donors (Lipinski definition) is 1. The number of rotatable bonds is 5. The van der Waals surface area contributed by atoms with Crippen molar-refractivity contribution in [2.24, 2.45) is 4.99 Å². The lowest BCUT2D eigenvalue weighted by Crippen LogP contribution is -2.42. The van der Waals surface area contributed by atoms with Crippen LogP contribution in [0.15, 0.2) is 4.99 Å². The first-order valence-corrected chi connectivity index (χ1v) is 9.38. The smallest absolute Gasteiger partial charge is 0.243 e. The number of guanidine groups is 1. The van der Waals surface area contributed by atoms with Gasteiger partial charge in [0.1, 0.15) is 11.6 Å². The Kier molecular flexibility index (Phi) is 6.60. The second-order valence-corrected chi connectivity index (χ2v) is 7.94. The Morgan fingerprint density at radius 3 is 2.62 bits per heavy atom. The van der Waals surface area contributed by atoms with Crippen LogP contribution in [-0.2, 0) is 24.2 Å². The number of aliphatic imine (C=N–C) groups is 1. The van der Waals surface area contributed by atoms with Gasteiger partial charge < -0.3 is 15.1 Å². The third kappa shape index (κ3) is 5.19. The van der Waals surface area contributed by atoms with Gasteiger partial charge in [-0.3, -0.25) is 4.79 Å². The summed E-state index contributed by atoms with van der Waals surface area (Å²) < 4.78 is 0. The SMILES string of the molecule is CC(C)NC(=NCC(=O)N(C)C)N(C)Cc1nc2c(s1)CCCC2. The van der Waals surface area contributed by atoms with Crippen LogP contribution in [0.1, 0.15) is 42.3 Å². The second kappa shape index (κ2) is 8.46. The number of hydrogen-bond acceptors (Lipinski definition) is 4. The maximum Gasteiger partial charge on any atom is 0.243 e. The number of aryl methyl sites for hydroxylation is 2. The summed E-state index contributed by atoms with van der Waals surface area (Å²) in [5.41, 5.74) is 1.28. The van der Waals surface area contributed by atoms with E-state index in [1.54, 1.807) is 19.0 Å². The number of amides is 1. The summed E-state index contributed by atoms with van der Waals surface area (Å²) in [6.45, 7) is 5.01. The summed E-state index contributed by atoms with van der Waals surface area (Å²) >= 11 is 1.82. The summed E-state index contributed by atoms with van der Waals surface area (Å²) in [6, 6.07) is 0.255. The zero-order chi connectivity index (χ0) is 17.7. The van der Waals surface area contributed by atoms with Gasteiger partial charge in [-0.05, 0) is 39.5 Å². The third-order valence-corrected chi connectivity index (χ3v) is 5.05. The minimum absolute atomic E-state index is 0.00355. The van der Waals surface area contributed by atoms with E-state index in [-0.39, 0.29) is 18.5 Å². The average Bonchev–Trinajstić information content (AvgIpc) is 2.92. The fraction of sp³-hybridized carbons (Fsp3) is 0.706. The number of aromatic nitrogens is 1. The number of thiazole rings is 1. The standard InChI is InChI=1S/C17H29N5OS/c1-12(2)19-17(18-10-16(23)21(3)4)22(5)11-15-20-13-8-6-7-9-14(13)24-15/h12H,6-11H2,1-5H3,(H,18,19). The molecule has 6 nitrogen and oxygen atoms in total. The molecule has 1 aromatic heterocycles. The number of carbonyl (C=O) groups is 1. The van der Waals surface area contributed by atoms with Gasteiger partial charge >= 0.3 is 0 Å². The van der Waals surface area contributed by atoms with Gasteiger partial charge in [-0.15, -0.1) is 11.3 Å². The molecule has 1 N–H and O–H groups in total. The van der Waals surface area contributed by atoms with Crippen molar-refractivity contribution in [2.45, 2.75) is 52.1 Å². The van der Waals surface area contributed by atoms with Crippen LogP contribution in [0.3, 0.4) is 0 Å². The lowest BCUT2D eigenvalue weighted by Gasteiger charge is -2.23. The van der Waals surface area contributed by atoms with Gasteiger partial charge in [-0.25, -0.2) is 9.98 Å². The first-order chi connectivity index (χ1) is 11.4. The first-order valence-electron chi connectivity index (χ1n) is 8.56. The Hall–Kier alpha value is -1.63. The Balaban J connectivity index is 2.06. The lowest BCUT2D eigenvalue weighted by atomic mass is 10.0. The van der Waals surface area contributed by atoms with E-state index in [0.717, 1.165) is 17.4 Å². The highest BCUT2D eigenvalue weighted by Crippen LogP contribution is 2.27. The zero-order valence-corrected chi connectivity index (χ0v) is 16.2. The predicted octanol–water partition coefficient (Wildman–Crippen LogP) is 1.90. The van der Waals surface area contributed by atoms with Crippen LogP contribution in [0.4, 0.5) is 0 Å². The third-order valence-electron chi connectivity index (χ3n) is 3.90. The molecule has 1 amide bonds. The van der Waals surface area contributed by atoms with Crippen molar-refractivity contribution < 1.29 is 4.79 Å². The molecule has 2 rings (SSSR count). The van der Waals surface area contributed by atoms with Gasteiger partial charge in [-0.2, -0.15) is 0 Å². The minimum Gasteiger partial charge on any atom is -0.354 e. The summed E-state index contributed by atoms with van der Waals surface area (Å²) in [5.74, 6) is 0.740. The molecular formula is C17H29N5OS. The van der Waals surface area contributed by atoms with Crippen molar-refractivity contribution in [3.8, 4) is 0 Å². The van der Waals surface area contributed by atoms with Gasteiger partial charge in [0.2, 0.25) is 5.91 Å². The fourth-order valence-electron chi connectivity index (χ4n) is 2.57. The normalized spacial score (nSPS) is 14.5. The van der Waals surface area contributed by atoms with E-state index >= 15 is 0 Å². The molecule has 1 aliphatic carbocycles. The molecule has 134 valence electrons. The predicted molar refractivity (Wildman–Crippen MR) is 99.5 cm³/mol. The summed E-state index contributed by atoms with van der Waals surface area (Å²) in [5, 5.41) is 4.46. The molecular weight excluding hydrogens is 322 g/mol. The molecule has 0 bridgehead atoms. The van der Waals surface area contributed by atoms with Gasteiger partial charge in [-0.1, -0.05) is 0 Å². The maximum absolute atomic E-state index is 11.8. The van der Waals surface area contributed by atoms with E-state index in [4.69, 9.17) is 4.98 Å².